The van der Waals surface area contributed by atoms with Crippen molar-refractivity contribution in [2.45, 2.75) is 109 Å². The molecule has 0 aliphatic heterocycles. The van der Waals surface area contributed by atoms with Gasteiger partial charge in [-0.3, -0.25) is 0 Å². The van der Waals surface area contributed by atoms with Crippen LogP contribution in [-0.4, -0.2) is 37.5 Å². The highest BCUT2D eigenvalue weighted by atomic mass is 32.2. The van der Waals surface area contributed by atoms with E-state index in [0.717, 1.165) is 49.8 Å². The number of aryl methyl sites for hydroxylation is 1. The van der Waals surface area contributed by atoms with Crippen molar-refractivity contribution in [1.82, 2.24) is 4.83 Å². The van der Waals surface area contributed by atoms with Gasteiger partial charge in [-0.2, -0.15) is 13.5 Å². The molecule has 4 aliphatic carbocycles. The third kappa shape index (κ3) is 4.43. The number of nitrogens with one attached hydrogen (secondary N) is 1. The van der Waals surface area contributed by atoms with Crippen molar-refractivity contribution in [1.29, 1.82) is 0 Å². The summed E-state index contributed by atoms with van der Waals surface area (Å²) in [6.45, 7) is 10.9. The predicted octanol–water partition coefficient (Wildman–Crippen LogP) is 5.44. The quantitative estimate of drug-likeness (QED) is 0.511. The van der Waals surface area contributed by atoms with Gasteiger partial charge in [0.15, 0.2) is 0 Å². The van der Waals surface area contributed by atoms with Crippen LogP contribution in [0.5, 0.6) is 0 Å². The van der Waals surface area contributed by atoms with Crippen molar-refractivity contribution in [3.05, 3.63) is 29.8 Å². The first-order valence-corrected chi connectivity index (χ1v) is 15.4. The molecule has 6 nitrogen and oxygen atoms in total. The second-order valence-corrected chi connectivity index (χ2v) is 14.5. The Hall–Kier alpha value is -1.44. The van der Waals surface area contributed by atoms with Gasteiger partial charge in [-0.15, -0.1) is 0 Å². The molecule has 0 spiro atoms. The second-order valence-electron chi connectivity index (χ2n) is 12.8. The second kappa shape index (κ2) is 9.39. The lowest BCUT2D eigenvalue weighted by Crippen LogP contribution is -2.57. The molecule has 4 aliphatic rings. The topological polar surface area (TPSA) is 88.0 Å². The molecule has 1 aromatic carbocycles. The largest absolute Gasteiger partial charge is 0.390 e. The first-order valence-electron chi connectivity index (χ1n) is 13.9. The zero-order valence-corrected chi connectivity index (χ0v) is 23.4. The first-order chi connectivity index (χ1) is 16.9. The maximum Gasteiger partial charge on any atom is 0.276 e. The van der Waals surface area contributed by atoms with E-state index in [2.05, 4.69) is 37.6 Å². The highest BCUT2D eigenvalue weighted by Gasteiger charge is 2.60. The van der Waals surface area contributed by atoms with E-state index in [1.807, 2.05) is 19.1 Å². The van der Waals surface area contributed by atoms with Crippen molar-refractivity contribution in [3.63, 3.8) is 0 Å². The minimum atomic E-state index is -3.67. The molecule has 3 unspecified atom stereocenters. The summed E-state index contributed by atoms with van der Waals surface area (Å²) in [7, 11) is -3.67. The zero-order chi connectivity index (χ0) is 25.9. The number of aliphatic hydroxyl groups is 1. The molecule has 4 saturated carbocycles. The van der Waals surface area contributed by atoms with Crippen LogP contribution in [-0.2, 0) is 14.8 Å². The van der Waals surface area contributed by atoms with Crippen LogP contribution >= 0.6 is 0 Å². The summed E-state index contributed by atoms with van der Waals surface area (Å²) in [5, 5.41) is 15.4. The highest BCUT2D eigenvalue weighted by molar-refractivity contribution is 7.89. The molecule has 0 heterocycles. The molecule has 2 N–H and O–H groups in total. The molecule has 0 amide bonds. The van der Waals surface area contributed by atoms with Gasteiger partial charge in [0.05, 0.1) is 23.2 Å². The van der Waals surface area contributed by atoms with E-state index in [1.165, 1.54) is 12.8 Å². The summed E-state index contributed by atoms with van der Waals surface area (Å²) in [4.78, 5) is 2.82. The average molecular weight is 517 g/mol. The molecule has 36 heavy (non-hydrogen) atoms. The Morgan fingerprint density at radius 1 is 1.08 bits per heavy atom. The van der Waals surface area contributed by atoms with Crippen LogP contribution in [0, 0.1) is 41.4 Å². The monoisotopic (exact) mass is 516 g/mol. The SMILES string of the molecule is Cc1ccc(S(=O)(=O)NN=C2CC[C@H]3[C@@H]4CCC5CC(O)C(OC(C)C)C[C@]5(C)[C@@H]4CC[C@]23C)cc1. The van der Waals surface area contributed by atoms with Crippen molar-refractivity contribution >= 4 is 15.7 Å². The molecule has 1 aromatic rings. The molecule has 4 fully saturated rings. The number of fused-ring (bicyclic) bond motifs is 5. The third-order valence-electron chi connectivity index (χ3n) is 10.5. The Labute approximate surface area is 217 Å². The first kappa shape index (κ1) is 26.2. The fourth-order valence-corrected chi connectivity index (χ4v) is 9.43. The lowest BCUT2D eigenvalue weighted by Gasteiger charge is -2.61. The molecular weight excluding hydrogens is 472 g/mol. The summed E-state index contributed by atoms with van der Waals surface area (Å²) < 4.78 is 31.9. The van der Waals surface area contributed by atoms with E-state index in [9.17, 15) is 13.5 Å². The van der Waals surface area contributed by atoms with Crippen LogP contribution in [0.2, 0.25) is 0 Å². The normalized spacial score (nSPS) is 41.6. The lowest BCUT2D eigenvalue weighted by atomic mass is 9.45. The minimum absolute atomic E-state index is 0.0534. The molecule has 8 atom stereocenters. The van der Waals surface area contributed by atoms with Gasteiger partial charge in [0.2, 0.25) is 0 Å². The van der Waals surface area contributed by atoms with Gasteiger partial charge in [-0.1, -0.05) is 31.5 Å². The standard InChI is InChI=1S/C29H44N2O4S/c1-18(2)35-26-17-29(5)20(16-25(26)32)8-11-22-23-12-13-27(28(23,4)15-14-24(22)29)30-31-36(33,34)21-9-6-19(3)7-10-21/h6-7,9-10,18,20,22-26,31-32H,8,11-17H2,1-5H3/t20?,22-,23-,24+,25?,26?,28-,29-/m0/s1. The summed E-state index contributed by atoms with van der Waals surface area (Å²) in [5.41, 5.74) is 2.19. The molecular formula is C29H44N2O4S. The number of nitrogens with zero attached hydrogens (tertiary/aromatic N) is 1. The average Bonchev–Trinajstić information content (AvgIpc) is 3.15. The summed E-state index contributed by atoms with van der Waals surface area (Å²) in [6, 6.07) is 6.90. The van der Waals surface area contributed by atoms with Crippen molar-refractivity contribution < 1.29 is 18.3 Å². The number of aliphatic hydroxyl groups excluding tert-OH is 1. The van der Waals surface area contributed by atoms with Crippen LogP contribution in [0.4, 0.5) is 0 Å². The van der Waals surface area contributed by atoms with Crippen molar-refractivity contribution in [3.8, 4) is 0 Å². The van der Waals surface area contributed by atoms with E-state index >= 15 is 0 Å². The Morgan fingerprint density at radius 3 is 2.50 bits per heavy atom. The molecule has 0 radical (unpaired) electrons. The number of ether oxygens (including phenoxy) is 1. The van der Waals surface area contributed by atoms with E-state index in [4.69, 9.17) is 4.74 Å². The number of sulfonamides is 1. The van der Waals surface area contributed by atoms with Crippen LogP contribution in [0.3, 0.4) is 0 Å². The minimum Gasteiger partial charge on any atom is -0.390 e. The van der Waals surface area contributed by atoms with E-state index < -0.39 is 10.0 Å². The molecule has 0 aromatic heterocycles. The Balaban J connectivity index is 1.34. The van der Waals surface area contributed by atoms with Gasteiger partial charge in [-0.05, 0) is 113 Å². The van der Waals surface area contributed by atoms with Gasteiger partial charge < -0.3 is 9.84 Å². The van der Waals surface area contributed by atoms with Crippen LogP contribution in [0.15, 0.2) is 34.3 Å². The predicted molar refractivity (Wildman–Crippen MR) is 142 cm³/mol. The number of rotatable bonds is 5. The maximum absolute atomic E-state index is 12.9. The molecule has 0 saturated heterocycles. The Bertz CT molecular complexity index is 1100. The number of hydrazone groups is 1. The summed E-state index contributed by atoms with van der Waals surface area (Å²) in [5.74, 6) is 2.35. The maximum atomic E-state index is 12.9. The van der Waals surface area contributed by atoms with Gasteiger partial charge in [0.1, 0.15) is 0 Å². The third-order valence-corrected chi connectivity index (χ3v) is 11.7. The number of hydrogen-bond acceptors (Lipinski definition) is 5. The van der Waals surface area contributed by atoms with Gasteiger partial charge in [0, 0.05) is 11.1 Å². The van der Waals surface area contributed by atoms with Crippen LogP contribution in [0.1, 0.15) is 84.6 Å². The number of benzene rings is 1. The van der Waals surface area contributed by atoms with E-state index in [-0.39, 0.29) is 34.0 Å². The Kier molecular flexibility index (Phi) is 6.83. The molecule has 0 bridgehead atoms. The highest BCUT2D eigenvalue weighted by Crippen LogP contribution is 2.65. The molecule has 5 rings (SSSR count). The van der Waals surface area contributed by atoms with Gasteiger partial charge in [0.25, 0.3) is 10.0 Å². The molecule has 7 heteroatoms. The summed E-state index contributed by atoms with van der Waals surface area (Å²) in [6.07, 6.45) is 7.98. The van der Waals surface area contributed by atoms with Crippen molar-refractivity contribution in [2.24, 2.45) is 39.6 Å². The van der Waals surface area contributed by atoms with Crippen LogP contribution in [0.25, 0.3) is 0 Å². The number of hydrogen-bond donors (Lipinski definition) is 2. The smallest absolute Gasteiger partial charge is 0.276 e. The fraction of sp³-hybridized carbons (Fsp3) is 0.759. The van der Waals surface area contributed by atoms with E-state index in [0.29, 0.717) is 23.7 Å². The lowest BCUT2D eigenvalue weighted by molar-refractivity contribution is -0.175. The van der Waals surface area contributed by atoms with Crippen LogP contribution < -0.4 is 4.83 Å². The molecule has 200 valence electrons. The summed E-state index contributed by atoms with van der Waals surface area (Å²) >= 11 is 0. The van der Waals surface area contributed by atoms with Gasteiger partial charge in [-0.25, -0.2) is 4.83 Å². The van der Waals surface area contributed by atoms with Gasteiger partial charge >= 0.3 is 0 Å². The van der Waals surface area contributed by atoms with Crippen molar-refractivity contribution in [2.75, 3.05) is 0 Å². The fourth-order valence-electron chi connectivity index (χ4n) is 8.60. The van der Waals surface area contributed by atoms with E-state index in [1.54, 1.807) is 12.1 Å². The Morgan fingerprint density at radius 2 is 1.81 bits per heavy atom. The zero-order valence-electron chi connectivity index (χ0n) is 22.5.